The molecule has 4 aromatic rings. The summed E-state index contributed by atoms with van der Waals surface area (Å²) in [6.07, 6.45) is 4.69. The minimum absolute atomic E-state index is 0.0512. The number of amides is 1. The summed E-state index contributed by atoms with van der Waals surface area (Å²) in [6.45, 7) is 2.67. The fourth-order valence-corrected chi connectivity index (χ4v) is 5.57. The average molecular weight is 442 g/mol. The number of hydrogen-bond acceptors (Lipinski definition) is 4. The first-order chi connectivity index (χ1) is 16.2. The maximum absolute atomic E-state index is 13.9. The van der Waals surface area contributed by atoms with E-state index in [-0.39, 0.29) is 11.9 Å². The van der Waals surface area contributed by atoms with Gasteiger partial charge in [0.15, 0.2) is 5.69 Å². The van der Waals surface area contributed by atoms with E-state index in [1.165, 1.54) is 10.9 Å². The third-order valence-corrected chi connectivity index (χ3v) is 7.18. The van der Waals surface area contributed by atoms with Gasteiger partial charge in [0, 0.05) is 35.1 Å². The molecule has 0 bridgehead atoms. The molecule has 1 aliphatic carbocycles. The zero-order chi connectivity index (χ0) is 22.5. The first kappa shape index (κ1) is 20.1. The molecule has 2 aromatic heterocycles. The number of benzene rings is 2. The van der Waals surface area contributed by atoms with Gasteiger partial charge in [-0.2, -0.15) is 0 Å². The molecule has 0 fully saturated rings. The van der Waals surface area contributed by atoms with Crippen LogP contribution in [0.3, 0.4) is 0 Å². The topological polar surface area (TPSA) is 71.4 Å². The molecular formula is C27H27N3O3. The van der Waals surface area contributed by atoms with Gasteiger partial charge in [-0.05, 0) is 67.5 Å². The second-order valence-corrected chi connectivity index (χ2v) is 9.08. The number of aromatic nitrogens is 2. The second-order valence-electron chi connectivity index (χ2n) is 9.08. The van der Waals surface area contributed by atoms with Crippen LogP contribution in [0, 0.1) is 6.92 Å². The van der Waals surface area contributed by atoms with Crippen LogP contribution in [0.2, 0.25) is 0 Å². The summed E-state index contributed by atoms with van der Waals surface area (Å²) in [6, 6.07) is 14.3. The number of rotatable bonds is 3. The minimum Gasteiger partial charge on any atom is -0.496 e. The Morgan fingerprint density at radius 2 is 1.97 bits per heavy atom. The molecule has 0 spiro atoms. The Morgan fingerprint density at radius 3 is 2.82 bits per heavy atom. The standard InChI is InChI=1S/C27H27N3O3/c1-16-15-17(11-12-22(16)32-2)26-24-19(18-7-3-5-9-21(18)28-24)13-14-30(26)27(31)25-20-8-4-6-10-23(20)33-29-25/h3,5,7,9,11-12,15,26,28H,4,6,8,10,13-14H2,1-2H3/t26-/m0/s1. The highest BCUT2D eigenvalue weighted by Gasteiger charge is 2.37. The minimum atomic E-state index is -0.228. The van der Waals surface area contributed by atoms with Crippen molar-refractivity contribution < 1.29 is 14.1 Å². The molecule has 1 amide bonds. The van der Waals surface area contributed by atoms with Gasteiger partial charge in [-0.3, -0.25) is 4.79 Å². The third-order valence-electron chi connectivity index (χ3n) is 7.18. The number of carbonyl (C=O) groups excluding carboxylic acids is 1. The molecule has 168 valence electrons. The number of nitrogens with one attached hydrogen (secondary N) is 1. The van der Waals surface area contributed by atoms with Crippen molar-refractivity contribution in [3.63, 3.8) is 0 Å². The van der Waals surface area contributed by atoms with Crippen LogP contribution in [-0.4, -0.2) is 34.6 Å². The lowest BCUT2D eigenvalue weighted by Crippen LogP contribution is -2.41. The highest BCUT2D eigenvalue weighted by Crippen LogP contribution is 2.40. The van der Waals surface area contributed by atoms with E-state index in [4.69, 9.17) is 9.26 Å². The number of fused-ring (bicyclic) bond motifs is 4. The van der Waals surface area contributed by atoms with Gasteiger partial charge in [0.25, 0.3) is 5.91 Å². The van der Waals surface area contributed by atoms with Gasteiger partial charge < -0.3 is 19.1 Å². The van der Waals surface area contributed by atoms with E-state index in [0.717, 1.165) is 71.5 Å². The zero-order valence-electron chi connectivity index (χ0n) is 19.0. The van der Waals surface area contributed by atoms with E-state index >= 15 is 0 Å². The molecule has 6 rings (SSSR count). The Morgan fingerprint density at radius 1 is 1.12 bits per heavy atom. The number of ether oxygens (including phenoxy) is 1. The Labute approximate surface area is 192 Å². The van der Waals surface area contributed by atoms with E-state index in [9.17, 15) is 4.79 Å². The number of aromatic amines is 1. The highest BCUT2D eigenvalue weighted by molar-refractivity contribution is 5.95. The SMILES string of the molecule is COc1ccc([C@H]2c3[nH]c4ccccc4c3CCN2C(=O)c2noc3c2CCCC3)cc1C. The lowest BCUT2D eigenvalue weighted by atomic mass is 9.90. The van der Waals surface area contributed by atoms with Crippen LogP contribution in [0.25, 0.3) is 10.9 Å². The number of H-pyrrole nitrogens is 1. The number of aryl methyl sites for hydroxylation is 2. The molecule has 33 heavy (non-hydrogen) atoms. The van der Waals surface area contributed by atoms with E-state index in [1.807, 2.05) is 24.0 Å². The number of carbonyl (C=O) groups is 1. The number of hydrogen-bond donors (Lipinski definition) is 1. The molecule has 1 aliphatic heterocycles. The average Bonchev–Trinajstić information content (AvgIpc) is 3.44. The summed E-state index contributed by atoms with van der Waals surface area (Å²) in [4.78, 5) is 19.5. The molecule has 1 N–H and O–H groups in total. The second kappa shape index (κ2) is 7.80. The Bertz CT molecular complexity index is 1370. The maximum atomic E-state index is 13.9. The van der Waals surface area contributed by atoms with Gasteiger partial charge >= 0.3 is 0 Å². The van der Waals surface area contributed by atoms with Crippen LogP contribution in [0.5, 0.6) is 5.75 Å². The molecule has 0 radical (unpaired) electrons. The normalized spacial score (nSPS) is 17.6. The van der Waals surface area contributed by atoms with Gasteiger partial charge in [-0.1, -0.05) is 29.4 Å². The largest absolute Gasteiger partial charge is 0.496 e. The van der Waals surface area contributed by atoms with Gasteiger partial charge in [-0.15, -0.1) is 0 Å². The summed E-state index contributed by atoms with van der Waals surface area (Å²) < 4.78 is 11.1. The van der Waals surface area contributed by atoms with Crippen LogP contribution >= 0.6 is 0 Å². The van der Waals surface area contributed by atoms with Crippen LogP contribution in [-0.2, 0) is 19.3 Å². The van der Waals surface area contributed by atoms with Crippen LogP contribution in [0.4, 0.5) is 0 Å². The Balaban J connectivity index is 1.49. The summed E-state index contributed by atoms with van der Waals surface area (Å²) in [5.41, 5.74) is 7.06. The molecule has 0 saturated carbocycles. The van der Waals surface area contributed by atoms with Crippen molar-refractivity contribution in [1.29, 1.82) is 0 Å². The molecule has 6 heteroatoms. The lowest BCUT2D eigenvalue weighted by molar-refractivity contribution is 0.0680. The maximum Gasteiger partial charge on any atom is 0.277 e. The monoisotopic (exact) mass is 441 g/mol. The smallest absolute Gasteiger partial charge is 0.277 e. The lowest BCUT2D eigenvalue weighted by Gasteiger charge is -2.36. The molecule has 2 aromatic carbocycles. The van der Waals surface area contributed by atoms with Gasteiger partial charge in [0.2, 0.25) is 0 Å². The predicted molar refractivity (Wildman–Crippen MR) is 126 cm³/mol. The van der Waals surface area contributed by atoms with Crippen molar-refractivity contribution in [3.8, 4) is 5.75 Å². The van der Waals surface area contributed by atoms with Gasteiger partial charge in [0.1, 0.15) is 11.5 Å². The molecule has 3 heterocycles. The van der Waals surface area contributed by atoms with E-state index in [1.54, 1.807) is 7.11 Å². The van der Waals surface area contributed by atoms with Crippen LogP contribution in [0.1, 0.15) is 63.1 Å². The van der Waals surface area contributed by atoms with E-state index < -0.39 is 0 Å². The summed E-state index contributed by atoms with van der Waals surface area (Å²) in [7, 11) is 1.68. The quantitative estimate of drug-likeness (QED) is 0.478. The van der Waals surface area contributed by atoms with Crippen molar-refractivity contribution in [2.75, 3.05) is 13.7 Å². The Hall–Kier alpha value is -3.54. The van der Waals surface area contributed by atoms with Crippen LogP contribution in [0.15, 0.2) is 47.0 Å². The molecule has 0 saturated heterocycles. The van der Waals surface area contributed by atoms with Crippen molar-refractivity contribution in [1.82, 2.24) is 15.0 Å². The molecule has 1 atom stereocenters. The third kappa shape index (κ3) is 3.16. The summed E-state index contributed by atoms with van der Waals surface area (Å²) >= 11 is 0. The van der Waals surface area contributed by atoms with Crippen molar-refractivity contribution in [3.05, 3.63) is 81.9 Å². The number of methoxy groups -OCH3 is 1. The zero-order valence-corrected chi connectivity index (χ0v) is 19.0. The first-order valence-electron chi connectivity index (χ1n) is 11.7. The summed E-state index contributed by atoms with van der Waals surface area (Å²) in [5, 5.41) is 5.48. The number of nitrogens with zero attached hydrogens (tertiary/aromatic N) is 2. The first-order valence-corrected chi connectivity index (χ1v) is 11.7. The number of para-hydroxylation sites is 1. The fraction of sp³-hybridized carbons (Fsp3) is 0.333. The fourth-order valence-electron chi connectivity index (χ4n) is 5.57. The molecule has 6 nitrogen and oxygen atoms in total. The van der Waals surface area contributed by atoms with Gasteiger partial charge in [-0.25, -0.2) is 0 Å². The van der Waals surface area contributed by atoms with Gasteiger partial charge in [0.05, 0.1) is 13.2 Å². The highest BCUT2D eigenvalue weighted by atomic mass is 16.5. The molecule has 0 unspecified atom stereocenters. The summed E-state index contributed by atoms with van der Waals surface area (Å²) in [5.74, 6) is 1.67. The van der Waals surface area contributed by atoms with Crippen molar-refractivity contribution in [2.45, 2.75) is 45.1 Å². The van der Waals surface area contributed by atoms with E-state index in [0.29, 0.717) is 12.2 Å². The van der Waals surface area contributed by atoms with E-state index in [2.05, 4.69) is 40.5 Å². The van der Waals surface area contributed by atoms with Crippen molar-refractivity contribution >= 4 is 16.8 Å². The van der Waals surface area contributed by atoms with Crippen molar-refractivity contribution in [2.24, 2.45) is 0 Å². The van der Waals surface area contributed by atoms with Crippen LogP contribution < -0.4 is 4.74 Å². The Kier molecular flexibility index (Phi) is 4.75. The molecule has 2 aliphatic rings. The predicted octanol–water partition coefficient (Wildman–Crippen LogP) is 5.14. The molecular weight excluding hydrogens is 414 g/mol.